The van der Waals surface area contributed by atoms with Crippen LogP contribution in [0.3, 0.4) is 0 Å². The summed E-state index contributed by atoms with van der Waals surface area (Å²) in [5.74, 6) is 1.66. The van der Waals surface area contributed by atoms with E-state index in [0.29, 0.717) is 49.6 Å². The van der Waals surface area contributed by atoms with E-state index in [4.69, 9.17) is 9.47 Å². The molecule has 0 amide bonds. The first-order valence-electron chi connectivity index (χ1n) is 8.28. The largest absolute Gasteiger partial charge is 0.494 e. The van der Waals surface area contributed by atoms with E-state index < -0.39 is 10.0 Å². The van der Waals surface area contributed by atoms with Crippen LogP contribution in [0.25, 0.3) is 0 Å². The summed E-state index contributed by atoms with van der Waals surface area (Å²) in [4.78, 5) is 0.201. The molecule has 1 aliphatic rings. The minimum atomic E-state index is -3.59. The molecule has 130 valence electrons. The van der Waals surface area contributed by atoms with Gasteiger partial charge in [0.1, 0.15) is 16.4 Å². The zero-order valence-corrected chi connectivity index (χ0v) is 15.2. The van der Waals surface area contributed by atoms with Gasteiger partial charge in [-0.2, -0.15) is 4.31 Å². The molecule has 2 unspecified atom stereocenters. The lowest BCUT2D eigenvalue weighted by Gasteiger charge is -2.34. The lowest BCUT2D eigenvalue weighted by Crippen LogP contribution is -2.42. The molecule has 0 aromatic heterocycles. The fourth-order valence-electron chi connectivity index (χ4n) is 3.16. The van der Waals surface area contributed by atoms with Crippen LogP contribution in [0.5, 0.6) is 11.5 Å². The summed E-state index contributed by atoms with van der Waals surface area (Å²) in [5.41, 5.74) is 0. The van der Waals surface area contributed by atoms with E-state index in [1.54, 1.807) is 22.5 Å². The minimum Gasteiger partial charge on any atom is -0.494 e. The summed E-state index contributed by atoms with van der Waals surface area (Å²) < 4.78 is 38.8. The average molecular weight is 341 g/mol. The lowest BCUT2D eigenvalue weighted by atomic mass is 9.94. The van der Waals surface area contributed by atoms with Crippen LogP contribution in [-0.4, -0.2) is 39.0 Å². The van der Waals surface area contributed by atoms with E-state index in [1.165, 1.54) is 0 Å². The third-order valence-corrected chi connectivity index (χ3v) is 5.83. The standard InChI is InChI=1S/C17H27NO4S/c1-5-21-15-7-8-16(22-6-2)17(10-15)23(19,20)18-11-13(3)9-14(4)12-18/h7-8,10,13-14H,5-6,9,11-12H2,1-4H3. The van der Waals surface area contributed by atoms with Crippen molar-refractivity contribution in [2.45, 2.75) is 39.0 Å². The van der Waals surface area contributed by atoms with Gasteiger partial charge in [-0.1, -0.05) is 13.8 Å². The summed E-state index contributed by atoms with van der Waals surface area (Å²) in [7, 11) is -3.59. The Kier molecular flexibility index (Phi) is 5.92. The van der Waals surface area contributed by atoms with Crippen molar-refractivity contribution in [3.05, 3.63) is 18.2 Å². The van der Waals surface area contributed by atoms with Crippen molar-refractivity contribution in [1.29, 1.82) is 0 Å². The normalized spacial score (nSPS) is 22.8. The Morgan fingerprint density at radius 3 is 2.26 bits per heavy atom. The Morgan fingerprint density at radius 2 is 1.70 bits per heavy atom. The topological polar surface area (TPSA) is 55.8 Å². The summed E-state index contributed by atoms with van der Waals surface area (Å²) >= 11 is 0. The first-order chi connectivity index (χ1) is 10.9. The van der Waals surface area contributed by atoms with Crippen LogP contribution >= 0.6 is 0 Å². The quantitative estimate of drug-likeness (QED) is 0.797. The van der Waals surface area contributed by atoms with Crippen LogP contribution in [0.1, 0.15) is 34.1 Å². The van der Waals surface area contributed by atoms with Crippen LogP contribution in [0, 0.1) is 11.8 Å². The van der Waals surface area contributed by atoms with E-state index in [9.17, 15) is 8.42 Å². The molecule has 1 aromatic carbocycles. The number of benzene rings is 1. The van der Waals surface area contributed by atoms with Crippen LogP contribution in [-0.2, 0) is 10.0 Å². The third kappa shape index (κ3) is 4.18. The van der Waals surface area contributed by atoms with Crippen molar-refractivity contribution in [1.82, 2.24) is 4.31 Å². The molecule has 6 heteroatoms. The molecule has 0 spiro atoms. The van der Waals surface area contributed by atoms with Crippen molar-refractivity contribution in [2.75, 3.05) is 26.3 Å². The van der Waals surface area contributed by atoms with Crippen molar-refractivity contribution in [3.8, 4) is 11.5 Å². The number of nitrogens with zero attached hydrogens (tertiary/aromatic N) is 1. The second kappa shape index (κ2) is 7.53. The average Bonchev–Trinajstić information content (AvgIpc) is 2.48. The molecule has 1 aromatic rings. The third-order valence-electron chi connectivity index (χ3n) is 3.98. The molecule has 1 heterocycles. The smallest absolute Gasteiger partial charge is 0.246 e. The fraction of sp³-hybridized carbons (Fsp3) is 0.647. The predicted molar refractivity (Wildman–Crippen MR) is 90.5 cm³/mol. The van der Waals surface area contributed by atoms with Gasteiger partial charge in [0.25, 0.3) is 0 Å². The summed E-state index contributed by atoms with van der Waals surface area (Å²) in [5, 5.41) is 0. The highest BCUT2D eigenvalue weighted by atomic mass is 32.2. The first-order valence-corrected chi connectivity index (χ1v) is 9.72. The number of rotatable bonds is 6. The van der Waals surface area contributed by atoms with E-state index in [-0.39, 0.29) is 4.90 Å². The van der Waals surface area contributed by atoms with Gasteiger partial charge in [0, 0.05) is 19.2 Å². The van der Waals surface area contributed by atoms with E-state index in [2.05, 4.69) is 13.8 Å². The SMILES string of the molecule is CCOc1ccc(OCC)c(S(=O)(=O)N2CC(C)CC(C)C2)c1. The molecule has 0 bridgehead atoms. The highest BCUT2D eigenvalue weighted by molar-refractivity contribution is 7.89. The molecule has 0 aliphatic carbocycles. The molecule has 1 saturated heterocycles. The van der Waals surface area contributed by atoms with Crippen LogP contribution in [0.4, 0.5) is 0 Å². The number of hydrogen-bond acceptors (Lipinski definition) is 4. The Morgan fingerprint density at radius 1 is 1.09 bits per heavy atom. The molecule has 1 aliphatic heterocycles. The minimum absolute atomic E-state index is 0.201. The molecule has 23 heavy (non-hydrogen) atoms. The van der Waals surface area contributed by atoms with Gasteiger partial charge in [-0.15, -0.1) is 0 Å². The maximum Gasteiger partial charge on any atom is 0.246 e. The van der Waals surface area contributed by atoms with Crippen molar-refractivity contribution < 1.29 is 17.9 Å². The monoisotopic (exact) mass is 341 g/mol. The van der Waals surface area contributed by atoms with Crippen molar-refractivity contribution in [3.63, 3.8) is 0 Å². The second-order valence-electron chi connectivity index (χ2n) is 6.24. The molecule has 5 nitrogen and oxygen atoms in total. The highest BCUT2D eigenvalue weighted by Gasteiger charge is 2.33. The van der Waals surface area contributed by atoms with Gasteiger partial charge in [0.2, 0.25) is 10.0 Å². The Balaban J connectivity index is 2.41. The number of hydrogen-bond donors (Lipinski definition) is 0. The number of ether oxygens (including phenoxy) is 2. The van der Waals surface area contributed by atoms with Gasteiger partial charge in [-0.3, -0.25) is 0 Å². The van der Waals surface area contributed by atoms with Crippen LogP contribution < -0.4 is 9.47 Å². The molecular formula is C17H27NO4S. The summed E-state index contributed by atoms with van der Waals surface area (Å²) in [6.07, 6.45) is 1.06. The maximum atomic E-state index is 13.1. The van der Waals surface area contributed by atoms with Gasteiger partial charge in [0.15, 0.2) is 0 Å². The maximum absolute atomic E-state index is 13.1. The van der Waals surface area contributed by atoms with Crippen LogP contribution in [0.2, 0.25) is 0 Å². The van der Waals surface area contributed by atoms with Gasteiger partial charge >= 0.3 is 0 Å². The van der Waals surface area contributed by atoms with Gasteiger partial charge in [-0.05, 0) is 44.2 Å². The van der Waals surface area contributed by atoms with E-state index in [0.717, 1.165) is 6.42 Å². The van der Waals surface area contributed by atoms with Crippen LogP contribution in [0.15, 0.2) is 23.1 Å². The molecule has 0 N–H and O–H groups in total. The predicted octanol–water partition coefficient (Wildman–Crippen LogP) is 3.15. The highest BCUT2D eigenvalue weighted by Crippen LogP contribution is 2.33. The second-order valence-corrected chi connectivity index (χ2v) is 8.15. The Labute approximate surface area is 139 Å². The summed E-state index contributed by atoms with van der Waals surface area (Å²) in [6.45, 7) is 9.93. The van der Waals surface area contributed by atoms with Gasteiger partial charge < -0.3 is 9.47 Å². The number of sulfonamides is 1. The molecule has 2 rings (SSSR count). The van der Waals surface area contributed by atoms with Crippen molar-refractivity contribution >= 4 is 10.0 Å². The van der Waals surface area contributed by atoms with Gasteiger partial charge in [-0.25, -0.2) is 8.42 Å². The lowest BCUT2D eigenvalue weighted by molar-refractivity contribution is 0.221. The molecule has 0 radical (unpaired) electrons. The van der Waals surface area contributed by atoms with Gasteiger partial charge in [0.05, 0.1) is 13.2 Å². The Bertz CT molecular complexity index is 619. The van der Waals surface area contributed by atoms with E-state index in [1.807, 2.05) is 13.8 Å². The summed E-state index contributed by atoms with van der Waals surface area (Å²) in [6, 6.07) is 5.00. The molecule has 0 saturated carbocycles. The first kappa shape index (κ1) is 18.1. The Hall–Kier alpha value is -1.27. The molecule has 1 fully saturated rings. The zero-order valence-electron chi connectivity index (χ0n) is 14.4. The van der Waals surface area contributed by atoms with E-state index >= 15 is 0 Å². The molecular weight excluding hydrogens is 314 g/mol. The zero-order chi connectivity index (χ0) is 17.0. The number of piperidine rings is 1. The molecule has 2 atom stereocenters. The fourth-order valence-corrected chi connectivity index (χ4v) is 4.99. The van der Waals surface area contributed by atoms with Crippen molar-refractivity contribution in [2.24, 2.45) is 11.8 Å².